The third-order valence-electron chi connectivity index (χ3n) is 3.83. The summed E-state index contributed by atoms with van der Waals surface area (Å²) in [7, 11) is 0. The van der Waals surface area contributed by atoms with Crippen LogP contribution in [0.1, 0.15) is 5.56 Å². The van der Waals surface area contributed by atoms with Crippen molar-refractivity contribution in [3.63, 3.8) is 0 Å². The number of non-ortho nitro benzene ring substituents is 1. The molecule has 0 aliphatic heterocycles. The summed E-state index contributed by atoms with van der Waals surface area (Å²) < 4.78 is 0. The Morgan fingerprint density at radius 2 is 1.68 bits per heavy atom. The number of amides is 2. The molecule has 0 radical (unpaired) electrons. The highest BCUT2D eigenvalue weighted by Gasteiger charge is 2.12. The van der Waals surface area contributed by atoms with Gasteiger partial charge in [0.25, 0.3) is 5.69 Å². The maximum atomic E-state index is 12.3. The van der Waals surface area contributed by atoms with Crippen LogP contribution in [0.2, 0.25) is 0 Å². The van der Waals surface area contributed by atoms with Crippen LogP contribution in [0.15, 0.2) is 54.6 Å². The van der Waals surface area contributed by atoms with Gasteiger partial charge in [0, 0.05) is 22.9 Å². The van der Waals surface area contributed by atoms with E-state index in [2.05, 4.69) is 10.6 Å². The van der Waals surface area contributed by atoms with Crippen molar-refractivity contribution < 1.29 is 14.8 Å². The number of rotatable bonds is 3. The zero-order valence-electron chi connectivity index (χ0n) is 13.3. The minimum atomic E-state index is -0.528. The zero-order valence-corrected chi connectivity index (χ0v) is 13.3. The second-order valence-corrected chi connectivity index (χ2v) is 5.51. The van der Waals surface area contributed by atoms with Crippen LogP contribution in [-0.4, -0.2) is 16.1 Å². The van der Waals surface area contributed by atoms with Gasteiger partial charge >= 0.3 is 6.03 Å². The molecule has 0 aliphatic rings. The number of nitrogens with zero attached hydrogens (tertiary/aromatic N) is 1. The first kappa shape index (κ1) is 16.3. The van der Waals surface area contributed by atoms with Crippen LogP contribution < -0.4 is 10.6 Å². The van der Waals surface area contributed by atoms with E-state index >= 15 is 0 Å². The average molecular weight is 337 g/mol. The Labute approximate surface area is 143 Å². The lowest BCUT2D eigenvalue weighted by Crippen LogP contribution is -2.20. The maximum Gasteiger partial charge on any atom is 0.323 e. The highest BCUT2D eigenvalue weighted by molar-refractivity contribution is 6.07. The lowest BCUT2D eigenvalue weighted by atomic mass is 10.1. The second-order valence-electron chi connectivity index (χ2n) is 5.51. The van der Waals surface area contributed by atoms with E-state index in [0.29, 0.717) is 27.7 Å². The molecule has 2 amide bonds. The summed E-state index contributed by atoms with van der Waals surface area (Å²) in [5.74, 6) is 0.121. The summed E-state index contributed by atoms with van der Waals surface area (Å²) in [4.78, 5) is 22.6. The van der Waals surface area contributed by atoms with Gasteiger partial charge in [0.05, 0.1) is 16.3 Å². The van der Waals surface area contributed by atoms with Crippen LogP contribution in [0.4, 0.5) is 21.9 Å². The Hall–Kier alpha value is -3.61. The molecule has 0 spiro atoms. The molecule has 0 aliphatic carbocycles. The summed E-state index contributed by atoms with van der Waals surface area (Å²) in [6.07, 6.45) is 0. The molecular formula is C18H15N3O4. The SMILES string of the molecule is Cc1ccc([N+](=O)[O-])cc1NC(=O)Nc1cccc2c(O)cccc12. The van der Waals surface area contributed by atoms with Crippen LogP contribution in [0.25, 0.3) is 10.8 Å². The minimum Gasteiger partial charge on any atom is -0.507 e. The Bertz CT molecular complexity index is 985. The van der Waals surface area contributed by atoms with E-state index in [0.717, 1.165) is 0 Å². The molecule has 0 bridgehead atoms. The van der Waals surface area contributed by atoms with Crippen molar-refractivity contribution in [1.82, 2.24) is 0 Å². The monoisotopic (exact) mass is 337 g/mol. The Balaban J connectivity index is 1.86. The fraction of sp³-hybridized carbons (Fsp3) is 0.0556. The molecular weight excluding hydrogens is 322 g/mol. The molecule has 0 aromatic heterocycles. The smallest absolute Gasteiger partial charge is 0.323 e. The highest BCUT2D eigenvalue weighted by atomic mass is 16.6. The molecule has 3 aromatic carbocycles. The number of nitro benzene ring substituents is 1. The molecule has 0 saturated heterocycles. The summed E-state index contributed by atoms with van der Waals surface area (Å²) in [6.45, 7) is 1.75. The van der Waals surface area contributed by atoms with Gasteiger partial charge in [-0.15, -0.1) is 0 Å². The van der Waals surface area contributed by atoms with Gasteiger partial charge in [-0.1, -0.05) is 30.3 Å². The van der Waals surface area contributed by atoms with Crippen molar-refractivity contribution in [2.24, 2.45) is 0 Å². The first-order valence-corrected chi connectivity index (χ1v) is 7.49. The summed E-state index contributed by atoms with van der Waals surface area (Å²) in [6, 6.07) is 13.9. The quantitative estimate of drug-likeness (QED) is 0.486. The van der Waals surface area contributed by atoms with E-state index in [1.54, 1.807) is 49.4 Å². The summed E-state index contributed by atoms with van der Waals surface area (Å²) >= 11 is 0. The second kappa shape index (κ2) is 6.48. The average Bonchev–Trinajstić information content (AvgIpc) is 2.57. The number of phenols is 1. The minimum absolute atomic E-state index is 0.101. The number of hydrogen-bond donors (Lipinski definition) is 3. The van der Waals surface area contributed by atoms with Crippen LogP contribution in [0.5, 0.6) is 5.75 Å². The summed E-state index contributed by atoms with van der Waals surface area (Å²) in [5.41, 5.74) is 1.48. The van der Waals surface area contributed by atoms with Crippen molar-refractivity contribution in [3.8, 4) is 5.75 Å². The molecule has 0 heterocycles. The molecule has 3 N–H and O–H groups in total. The van der Waals surface area contributed by atoms with Crippen molar-refractivity contribution >= 4 is 33.9 Å². The first-order chi connectivity index (χ1) is 12.0. The van der Waals surface area contributed by atoms with Gasteiger partial charge in [-0.25, -0.2) is 4.79 Å². The van der Waals surface area contributed by atoms with Gasteiger partial charge in [-0.2, -0.15) is 0 Å². The van der Waals surface area contributed by atoms with E-state index in [4.69, 9.17) is 0 Å². The molecule has 3 aromatic rings. The van der Waals surface area contributed by atoms with Gasteiger partial charge in [0.1, 0.15) is 5.75 Å². The van der Waals surface area contributed by atoms with Gasteiger partial charge < -0.3 is 15.7 Å². The number of carbonyl (C=O) groups is 1. The standard InChI is InChI=1S/C18H15N3O4/c1-11-8-9-12(21(24)25)10-16(11)20-18(23)19-15-6-2-5-14-13(15)4-3-7-17(14)22/h2-10,22H,1H3,(H2,19,20,23). The Morgan fingerprint density at radius 3 is 2.44 bits per heavy atom. The van der Waals surface area contributed by atoms with Crippen LogP contribution in [-0.2, 0) is 0 Å². The van der Waals surface area contributed by atoms with E-state index < -0.39 is 11.0 Å². The van der Waals surface area contributed by atoms with Crippen molar-refractivity contribution in [2.75, 3.05) is 10.6 Å². The van der Waals surface area contributed by atoms with Gasteiger partial charge in [-0.3, -0.25) is 10.1 Å². The van der Waals surface area contributed by atoms with Crippen molar-refractivity contribution in [3.05, 3.63) is 70.3 Å². The zero-order chi connectivity index (χ0) is 18.0. The number of fused-ring (bicyclic) bond motifs is 1. The molecule has 25 heavy (non-hydrogen) atoms. The van der Waals surface area contributed by atoms with Crippen LogP contribution in [0.3, 0.4) is 0 Å². The van der Waals surface area contributed by atoms with E-state index in [1.807, 2.05) is 0 Å². The lowest BCUT2D eigenvalue weighted by molar-refractivity contribution is -0.384. The predicted octanol–water partition coefficient (Wildman–Crippen LogP) is 4.41. The van der Waals surface area contributed by atoms with E-state index in [-0.39, 0.29) is 11.4 Å². The van der Waals surface area contributed by atoms with Gasteiger partial charge in [0.2, 0.25) is 0 Å². The predicted molar refractivity (Wildman–Crippen MR) is 96.1 cm³/mol. The summed E-state index contributed by atoms with van der Waals surface area (Å²) in [5, 5.41) is 27.4. The van der Waals surface area contributed by atoms with E-state index in [1.165, 1.54) is 12.1 Å². The third-order valence-corrected chi connectivity index (χ3v) is 3.83. The molecule has 7 heteroatoms. The number of nitro groups is 1. The number of phenolic OH excluding ortho intramolecular Hbond substituents is 1. The number of benzene rings is 3. The normalized spacial score (nSPS) is 10.4. The largest absolute Gasteiger partial charge is 0.507 e. The molecule has 126 valence electrons. The fourth-order valence-electron chi connectivity index (χ4n) is 2.54. The number of anilines is 2. The number of carbonyl (C=O) groups excluding carboxylic acids is 1. The molecule has 7 nitrogen and oxygen atoms in total. The van der Waals surface area contributed by atoms with Crippen molar-refractivity contribution in [1.29, 1.82) is 0 Å². The molecule has 3 rings (SSSR count). The topological polar surface area (TPSA) is 105 Å². The van der Waals surface area contributed by atoms with E-state index in [9.17, 15) is 20.0 Å². The number of hydrogen-bond acceptors (Lipinski definition) is 4. The van der Waals surface area contributed by atoms with Gasteiger partial charge in [-0.05, 0) is 24.6 Å². The number of nitrogens with one attached hydrogen (secondary N) is 2. The lowest BCUT2D eigenvalue weighted by Gasteiger charge is -2.12. The third kappa shape index (κ3) is 3.35. The number of urea groups is 1. The van der Waals surface area contributed by atoms with Crippen molar-refractivity contribution in [2.45, 2.75) is 6.92 Å². The maximum absolute atomic E-state index is 12.3. The Kier molecular flexibility index (Phi) is 4.21. The number of aromatic hydroxyl groups is 1. The molecule has 0 fully saturated rings. The van der Waals surface area contributed by atoms with Gasteiger partial charge in [0.15, 0.2) is 0 Å². The molecule has 0 unspecified atom stereocenters. The van der Waals surface area contributed by atoms with Crippen LogP contribution >= 0.6 is 0 Å². The van der Waals surface area contributed by atoms with Crippen LogP contribution in [0, 0.1) is 17.0 Å². The fourth-order valence-corrected chi connectivity index (χ4v) is 2.54. The molecule has 0 atom stereocenters. The Morgan fingerprint density at radius 1 is 1.00 bits per heavy atom. The highest BCUT2D eigenvalue weighted by Crippen LogP contribution is 2.30. The molecule has 0 saturated carbocycles. The number of aryl methyl sites for hydroxylation is 1. The first-order valence-electron chi connectivity index (χ1n) is 7.49.